The lowest BCUT2D eigenvalue weighted by Gasteiger charge is -2.12. The lowest BCUT2D eigenvalue weighted by molar-refractivity contribution is -0.147. The van der Waals surface area contributed by atoms with Crippen LogP contribution < -0.4 is 17.6 Å². The minimum Gasteiger partial charge on any atom is -0.481 e. The van der Waals surface area contributed by atoms with Gasteiger partial charge >= 0.3 is 11.9 Å². The van der Waals surface area contributed by atoms with E-state index >= 15 is 0 Å². The number of hydrogen-bond donors (Lipinski definition) is 5. The molecule has 0 saturated heterocycles. The summed E-state index contributed by atoms with van der Waals surface area (Å²) in [5.74, 6) is -2.95. The Labute approximate surface area is 144 Å². The molecule has 0 aliphatic heterocycles. The maximum Gasteiger partial charge on any atom is 0.326 e. The van der Waals surface area contributed by atoms with Gasteiger partial charge in [0, 0.05) is 6.42 Å². The Morgan fingerprint density at radius 1 is 0.833 bits per heavy atom. The normalized spacial score (nSPS) is 10.9. The average molecular weight is 349 g/mol. The first-order valence-electron chi connectivity index (χ1n) is 8.21. The lowest BCUT2D eigenvalue weighted by atomic mass is 10.1. The molecule has 0 aliphatic carbocycles. The van der Waals surface area contributed by atoms with Crippen LogP contribution in [0.2, 0.25) is 0 Å². The van der Waals surface area contributed by atoms with Gasteiger partial charge in [-0.2, -0.15) is 0 Å². The van der Waals surface area contributed by atoms with Gasteiger partial charge in [0.15, 0.2) is 0 Å². The first-order chi connectivity index (χ1) is 10.5. The summed E-state index contributed by atoms with van der Waals surface area (Å²) in [5, 5.41) is 19.7. The number of nitrogens with one attached hydrogen (secondary N) is 1. The van der Waals surface area contributed by atoms with Gasteiger partial charge in [-0.05, 0) is 6.42 Å². The molecule has 1 amide bonds. The zero-order valence-corrected chi connectivity index (χ0v) is 14.9. The Kier molecular flexibility index (Phi) is 20.0. The van der Waals surface area contributed by atoms with Crippen LogP contribution in [0.3, 0.4) is 0 Å². The minimum absolute atomic E-state index is 0. The third-order valence-corrected chi connectivity index (χ3v) is 3.52. The maximum atomic E-state index is 11.6. The highest BCUT2D eigenvalue weighted by Crippen LogP contribution is 2.10. The van der Waals surface area contributed by atoms with E-state index in [-0.39, 0.29) is 18.7 Å². The number of hydrogen-bond acceptors (Lipinski definition) is 5. The fourth-order valence-electron chi connectivity index (χ4n) is 2.24. The zero-order chi connectivity index (χ0) is 16.8. The minimum atomic E-state index is -1.34. The van der Waals surface area contributed by atoms with Gasteiger partial charge in [0.1, 0.15) is 6.04 Å². The molecular formula is C16H35N3O5. The van der Waals surface area contributed by atoms with Crippen molar-refractivity contribution < 1.29 is 24.6 Å². The van der Waals surface area contributed by atoms with E-state index in [2.05, 4.69) is 12.2 Å². The van der Waals surface area contributed by atoms with Gasteiger partial charge in [-0.15, -0.1) is 0 Å². The molecule has 0 bridgehead atoms. The van der Waals surface area contributed by atoms with Gasteiger partial charge in [-0.25, -0.2) is 4.79 Å². The van der Waals surface area contributed by atoms with Crippen molar-refractivity contribution >= 4 is 17.8 Å². The molecule has 144 valence electrons. The summed E-state index contributed by atoms with van der Waals surface area (Å²) in [5.41, 5.74) is 0. The molecular weight excluding hydrogens is 314 g/mol. The van der Waals surface area contributed by atoms with E-state index in [4.69, 9.17) is 10.2 Å². The average Bonchev–Trinajstić information content (AvgIpc) is 2.44. The number of carboxylic acid groups (broad SMARTS) is 2. The molecule has 8 nitrogen and oxygen atoms in total. The molecule has 0 unspecified atom stereocenters. The first-order valence-corrected chi connectivity index (χ1v) is 8.21. The van der Waals surface area contributed by atoms with Crippen molar-refractivity contribution in [3.8, 4) is 0 Å². The third-order valence-electron chi connectivity index (χ3n) is 3.52. The SMILES string of the molecule is CCCCCCCCCCCC(=O)N[C@@H](CC(=O)O)C(=O)O.N.N. The second-order valence-corrected chi connectivity index (χ2v) is 5.63. The van der Waals surface area contributed by atoms with E-state index in [1.54, 1.807) is 0 Å². The van der Waals surface area contributed by atoms with Crippen LogP contribution in [0.4, 0.5) is 0 Å². The topological polar surface area (TPSA) is 174 Å². The van der Waals surface area contributed by atoms with Crippen LogP contribution in [-0.4, -0.2) is 34.1 Å². The third kappa shape index (κ3) is 16.7. The summed E-state index contributed by atoms with van der Waals surface area (Å²) in [6.45, 7) is 2.19. The molecule has 0 aromatic rings. The van der Waals surface area contributed by atoms with Crippen LogP contribution >= 0.6 is 0 Å². The summed E-state index contributed by atoms with van der Waals surface area (Å²) < 4.78 is 0. The predicted octanol–water partition coefficient (Wildman–Crippen LogP) is 3.28. The molecule has 24 heavy (non-hydrogen) atoms. The van der Waals surface area contributed by atoms with Crippen LogP contribution in [0, 0.1) is 0 Å². The molecule has 1 atom stereocenters. The highest BCUT2D eigenvalue weighted by molar-refractivity contribution is 5.86. The van der Waals surface area contributed by atoms with Gasteiger partial charge in [-0.1, -0.05) is 58.3 Å². The van der Waals surface area contributed by atoms with E-state index in [9.17, 15) is 14.4 Å². The maximum absolute atomic E-state index is 11.6. The Hall–Kier alpha value is -1.67. The number of amides is 1. The number of carbonyl (C=O) groups excluding carboxylic acids is 1. The molecule has 0 aliphatic rings. The standard InChI is InChI=1S/C16H29NO5.2H3N/c1-2-3-4-5-6-7-8-9-10-11-14(18)17-13(16(21)22)12-15(19)20;;/h13H,2-12H2,1H3,(H,17,18)(H,19,20)(H,21,22);2*1H3/t13-;;/m0../s1. The summed E-state index contributed by atoms with van der Waals surface area (Å²) in [4.78, 5) is 32.9. The molecule has 0 aromatic carbocycles. The van der Waals surface area contributed by atoms with Gasteiger partial charge < -0.3 is 27.8 Å². The van der Waals surface area contributed by atoms with Crippen LogP contribution in [0.1, 0.15) is 77.6 Å². The summed E-state index contributed by atoms with van der Waals surface area (Å²) in [6, 6.07) is -1.34. The Morgan fingerprint density at radius 3 is 1.71 bits per heavy atom. The van der Waals surface area contributed by atoms with Crippen molar-refractivity contribution in [2.45, 2.75) is 83.6 Å². The van der Waals surface area contributed by atoms with Crippen LogP contribution in [0.25, 0.3) is 0 Å². The molecule has 0 fully saturated rings. The number of unbranched alkanes of at least 4 members (excludes halogenated alkanes) is 8. The van der Waals surface area contributed by atoms with Crippen LogP contribution in [-0.2, 0) is 14.4 Å². The van der Waals surface area contributed by atoms with E-state index in [0.717, 1.165) is 12.8 Å². The quantitative estimate of drug-likeness (QED) is 0.299. The molecule has 0 aromatic heterocycles. The Balaban J connectivity index is -0.00000220. The molecule has 0 rings (SSSR count). The smallest absolute Gasteiger partial charge is 0.326 e. The monoisotopic (exact) mass is 349 g/mol. The number of aliphatic carboxylic acids is 2. The van der Waals surface area contributed by atoms with Crippen LogP contribution in [0.5, 0.6) is 0 Å². The van der Waals surface area contributed by atoms with E-state index < -0.39 is 30.3 Å². The van der Waals surface area contributed by atoms with E-state index in [1.807, 2.05) is 0 Å². The summed E-state index contributed by atoms with van der Waals surface area (Å²) in [7, 11) is 0. The number of carboxylic acids is 2. The predicted molar refractivity (Wildman–Crippen MR) is 93.7 cm³/mol. The van der Waals surface area contributed by atoms with Gasteiger partial charge in [0.25, 0.3) is 0 Å². The van der Waals surface area contributed by atoms with Gasteiger partial charge in [0.05, 0.1) is 6.42 Å². The van der Waals surface area contributed by atoms with E-state index in [0.29, 0.717) is 6.42 Å². The highest BCUT2D eigenvalue weighted by Gasteiger charge is 2.22. The fourth-order valence-corrected chi connectivity index (χ4v) is 2.24. The largest absolute Gasteiger partial charge is 0.481 e. The lowest BCUT2D eigenvalue weighted by Crippen LogP contribution is -2.42. The number of rotatable bonds is 14. The van der Waals surface area contributed by atoms with Gasteiger partial charge in [0.2, 0.25) is 5.91 Å². The Morgan fingerprint density at radius 2 is 1.29 bits per heavy atom. The summed E-state index contributed by atoms with van der Waals surface area (Å²) >= 11 is 0. The zero-order valence-electron chi connectivity index (χ0n) is 14.9. The second-order valence-electron chi connectivity index (χ2n) is 5.63. The van der Waals surface area contributed by atoms with Crippen molar-refractivity contribution in [1.29, 1.82) is 0 Å². The molecule has 0 saturated carbocycles. The van der Waals surface area contributed by atoms with Crippen molar-refractivity contribution in [2.75, 3.05) is 0 Å². The summed E-state index contributed by atoms with van der Waals surface area (Å²) in [6.07, 6.45) is 9.87. The van der Waals surface area contributed by atoms with Crippen molar-refractivity contribution in [1.82, 2.24) is 17.6 Å². The van der Waals surface area contributed by atoms with Crippen molar-refractivity contribution in [3.63, 3.8) is 0 Å². The molecule has 0 heterocycles. The van der Waals surface area contributed by atoms with Crippen LogP contribution in [0.15, 0.2) is 0 Å². The highest BCUT2D eigenvalue weighted by atomic mass is 16.4. The van der Waals surface area contributed by atoms with Crippen molar-refractivity contribution in [2.24, 2.45) is 0 Å². The molecule has 0 spiro atoms. The molecule has 9 N–H and O–H groups in total. The molecule has 8 heteroatoms. The van der Waals surface area contributed by atoms with Gasteiger partial charge in [-0.3, -0.25) is 9.59 Å². The second kappa shape index (κ2) is 17.7. The first kappa shape index (κ1) is 27.2. The Bertz CT molecular complexity index is 351. The van der Waals surface area contributed by atoms with E-state index in [1.165, 1.54) is 38.5 Å². The fraction of sp³-hybridized carbons (Fsp3) is 0.812. The van der Waals surface area contributed by atoms with Crippen molar-refractivity contribution in [3.05, 3.63) is 0 Å². The molecule has 0 radical (unpaired) electrons. The number of carbonyl (C=O) groups is 3.